The summed E-state index contributed by atoms with van der Waals surface area (Å²) in [7, 11) is 0. The van der Waals surface area contributed by atoms with E-state index < -0.39 is 17.8 Å². The molecule has 7 nitrogen and oxygen atoms in total. The number of H-pyrrole nitrogens is 1. The van der Waals surface area contributed by atoms with Gasteiger partial charge >= 0.3 is 6.36 Å². The van der Waals surface area contributed by atoms with E-state index in [4.69, 9.17) is 4.74 Å². The molecule has 1 aliphatic heterocycles. The van der Waals surface area contributed by atoms with Crippen molar-refractivity contribution in [1.29, 1.82) is 0 Å². The molecule has 0 bridgehead atoms. The van der Waals surface area contributed by atoms with Gasteiger partial charge in [-0.1, -0.05) is 12.1 Å². The van der Waals surface area contributed by atoms with Gasteiger partial charge in [-0.2, -0.15) is 0 Å². The first kappa shape index (κ1) is 20.5. The van der Waals surface area contributed by atoms with Crippen molar-refractivity contribution in [2.45, 2.75) is 18.3 Å². The van der Waals surface area contributed by atoms with Crippen LogP contribution in [0.3, 0.4) is 0 Å². The normalized spacial score (nSPS) is 17.9. The second-order valence-corrected chi connectivity index (χ2v) is 6.82. The van der Waals surface area contributed by atoms with E-state index in [1.807, 2.05) is 0 Å². The van der Waals surface area contributed by atoms with Crippen molar-refractivity contribution in [2.24, 2.45) is 0 Å². The third-order valence-corrected chi connectivity index (χ3v) is 4.86. The molecule has 1 unspecified atom stereocenters. The highest BCUT2D eigenvalue weighted by Crippen LogP contribution is 2.41. The van der Waals surface area contributed by atoms with Gasteiger partial charge in [-0.15, -0.1) is 13.2 Å². The Kier molecular flexibility index (Phi) is 5.14. The molecule has 160 valence electrons. The number of amides is 1. The number of halogens is 3. The van der Waals surface area contributed by atoms with E-state index in [1.54, 1.807) is 12.1 Å². The summed E-state index contributed by atoms with van der Waals surface area (Å²) < 4.78 is 47.2. The molecule has 0 saturated carbocycles. The number of nitrogens with zero attached hydrogens (tertiary/aromatic N) is 1. The first-order valence-corrected chi connectivity index (χ1v) is 9.23. The number of benzene rings is 1. The number of hydrogen-bond donors (Lipinski definition) is 2. The highest BCUT2D eigenvalue weighted by atomic mass is 19.4. The van der Waals surface area contributed by atoms with Crippen molar-refractivity contribution in [2.75, 3.05) is 6.61 Å². The van der Waals surface area contributed by atoms with E-state index >= 15 is 0 Å². The molecule has 1 aliphatic rings. The maximum Gasteiger partial charge on any atom is 0.573 e. The van der Waals surface area contributed by atoms with Crippen LogP contribution in [0.4, 0.5) is 13.2 Å². The van der Waals surface area contributed by atoms with Crippen molar-refractivity contribution in [3.05, 3.63) is 88.1 Å². The van der Waals surface area contributed by atoms with Gasteiger partial charge in [-0.05, 0) is 35.9 Å². The summed E-state index contributed by atoms with van der Waals surface area (Å²) in [4.78, 5) is 31.1. The van der Waals surface area contributed by atoms with Crippen LogP contribution in [0.2, 0.25) is 0 Å². The SMILES string of the molecule is O=C(NC1(c2ccc(OC(F)(F)F)cc2)CCOc2cccnc21)c1ccc(=O)[nH]c1. The lowest BCUT2D eigenvalue weighted by atomic mass is 9.81. The minimum Gasteiger partial charge on any atom is -0.491 e. The van der Waals surface area contributed by atoms with Crippen LogP contribution >= 0.6 is 0 Å². The molecule has 3 aromatic rings. The Bertz CT molecular complexity index is 1140. The maximum absolute atomic E-state index is 13.0. The summed E-state index contributed by atoms with van der Waals surface area (Å²) in [6.45, 7) is 0.241. The van der Waals surface area contributed by atoms with Crippen LogP contribution in [-0.2, 0) is 5.54 Å². The van der Waals surface area contributed by atoms with Crippen molar-refractivity contribution >= 4 is 5.91 Å². The first-order valence-electron chi connectivity index (χ1n) is 9.23. The largest absolute Gasteiger partial charge is 0.573 e. The molecule has 2 aromatic heterocycles. The summed E-state index contributed by atoms with van der Waals surface area (Å²) in [5, 5.41) is 2.94. The van der Waals surface area contributed by atoms with E-state index in [0.29, 0.717) is 17.0 Å². The number of ether oxygens (including phenoxy) is 2. The molecule has 31 heavy (non-hydrogen) atoms. The number of nitrogens with one attached hydrogen (secondary N) is 2. The zero-order valence-corrected chi connectivity index (χ0v) is 15.9. The topological polar surface area (TPSA) is 93.3 Å². The Hall–Kier alpha value is -3.82. The van der Waals surface area contributed by atoms with E-state index in [9.17, 15) is 22.8 Å². The standard InChI is InChI=1S/C21H16F3N3O4/c22-21(23,24)31-15-6-4-14(5-7-15)20(9-11-30-16-2-1-10-25-18(16)20)27-19(29)13-3-8-17(28)26-12-13/h1-8,10,12H,9,11H2,(H,26,28)(H,27,29). The van der Waals surface area contributed by atoms with Crippen molar-refractivity contribution in [3.63, 3.8) is 0 Å². The van der Waals surface area contributed by atoms with Gasteiger partial charge in [0.25, 0.3) is 5.91 Å². The molecule has 1 amide bonds. The van der Waals surface area contributed by atoms with Crippen molar-refractivity contribution < 1.29 is 27.4 Å². The Morgan fingerprint density at radius 3 is 2.61 bits per heavy atom. The number of aromatic nitrogens is 2. The molecule has 0 spiro atoms. The molecule has 3 heterocycles. The second-order valence-electron chi connectivity index (χ2n) is 6.82. The number of pyridine rings is 2. The summed E-state index contributed by atoms with van der Waals surface area (Å²) >= 11 is 0. The van der Waals surface area contributed by atoms with Crippen LogP contribution in [0.25, 0.3) is 0 Å². The van der Waals surface area contributed by atoms with Gasteiger partial charge in [0.05, 0.1) is 12.2 Å². The van der Waals surface area contributed by atoms with Gasteiger partial charge in [-0.3, -0.25) is 14.6 Å². The molecular weight excluding hydrogens is 415 g/mol. The fourth-order valence-electron chi connectivity index (χ4n) is 3.49. The monoisotopic (exact) mass is 431 g/mol. The summed E-state index contributed by atoms with van der Waals surface area (Å²) in [6, 6.07) is 11.2. The zero-order valence-electron chi connectivity index (χ0n) is 15.9. The molecular formula is C21H16F3N3O4. The van der Waals surface area contributed by atoms with E-state index in [0.717, 1.165) is 0 Å². The average molecular weight is 431 g/mol. The predicted molar refractivity (Wildman–Crippen MR) is 103 cm³/mol. The smallest absolute Gasteiger partial charge is 0.491 e. The fourth-order valence-corrected chi connectivity index (χ4v) is 3.49. The van der Waals surface area contributed by atoms with Crippen LogP contribution in [-0.4, -0.2) is 28.8 Å². The summed E-state index contributed by atoms with van der Waals surface area (Å²) in [5.41, 5.74) is -0.394. The van der Waals surface area contributed by atoms with E-state index in [2.05, 4.69) is 20.0 Å². The Morgan fingerprint density at radius 2 is 1.94 bits per heavy atom. The lowest BCUT2D eigenvalue weighted by molar-refractivity contribution is -0.274. The number of aromatic amines is 1. The van der Waals surface area contributed by atoms with Gasteiger partial charge < -0.3 is 19.8 Å². The maximum atomic E-state index is 13.0. The number of fused-ring (bicyclic) bond motifs is 1. The van der Waals surface area contributed by atoms with Gasteiger partial charge in [-0.25, -0.2) is 0 Å². The molecule has 1 atom stereocenters. The Labute approximate surface area is 173 Å². The highest BCUT2D eigenvalue weighted by Gasteiger charge is 2.42. The number of alkyl halides is 3. The second kappa shape index (κ2) is 7.78. The Balaban J connectivity index is 1.77. The first-order chi connectivity index (χ1) is 14.8. The number of carbonyl (C=O) groups is 1. The van der Waals surface area contributed by atoms with Crippen LogP contribution in [0.15, 0.2) is 65.7 Å². The van der Waals surface area contributed by atoms with Crippen molar-refractivity contribution in [1.82, 2.24) is 15.3 Å². The lowest BCUT2D eigenvalue weighted by Gasteiger charge is -2.39. The van der Waals surface area contributed by atoms with E-state index in [1.165, 1.54) is 48.8 Å². The predicted octanol–water partition coefficient (Wildman–Crippen LogP) is 3.12. The molecule has 0 radical (unpaired) electrons. The van der Waals surface area contributed by atoms with Crippen LogP contribution in [0.1, 0.15) is 28.0 Å². The summed E-state index contributed by atoms with van der Waals surface area (Å²) in [6.07, 6.45) is -1.71. The van der Waals surface area contributed by atoms with Crippen LogP contribution in [0.5, 0.6) is 11.5 Å². The van der Waals surface area contributed by atoms with Crippen molar-refractivity contribution in [3.8, 4) is 11.5 Å². The molecule has 4 rings (SSSR count). The van der Waals surface area contributed by atoms with Gasteiger partial charge in [0, 0.05) is 24.9 Å². The quantitative estimate of drug-likeness (QED) is 0.662. The molecule has 0 aliphatic carbocycles. The minimum absolute atomic E-state index is 0.208. The lowest BCUT2D eigenvalue weighted by Crippen LogP contribution is -2.50. The zero-order chi connectivity index (χ0) is 22.1. The third-order valence-electron chi connectivity index (χ3n) is 4.86. The average Bonchev–Trinajstić information content (AvgIpc) is 2.74. The molecule has 1 aromatic carbocycles. The van der Waals surface area contributed by atoms with Crippen LogP contribution < -0.4 is 20.3 Å². The fraction of sp³-hybridized carbons (Fsp3) is 0.190. The molecule has 10 heteroatoms. The van der Waals surface area contributed by atoms with E-state index in [-0.39, 0.29) is 29.9 Å². The van der Waals surface area contributed by atoms with Gasteiger partial charge in [0.2, 0.25) is 5.56 Å². The molecule has 0 fully saturated rings. The third kappa shape index (κ3) is 4.23. The number of hydrogen-bond acceptors (Lipinski definition) is 5. The summed E-state index contributed by atoms with van der Waals surface area (Å²) in [5.74, 6) is -0.428. The molecule has 0 saturated heterocycles. The van der Waals surface area contributed by atoms with Gasteiger partial charge in [0.1, 0.15) is 22.7 Å². The minimum atomic E-state index is -4.82. The Morgan fingerprint density at radius 1 is 1.16 bits per heavy atom. The number of carbonyl (C=O) groups excluding carboxylic acids is 1. The molecule has 2 N–H and O–H groups in total. The number of rotatable bonds is 4. The van der Waals surface area contributed by atoms with Gasteiger partial charge in [0.15, 0.2) is 0 Å². The highest BCUT2D eigenvalue weighted by molar-refractivity contribution is 5.94. The van der Waals surface area contributed by atoms with Crippen LogP contribution in [0, 0.1) is 0 Å².